The lowest BCUT2D eigenvalue weighted by Gasteiger charge is -2.16. The predicted octanol–water partition coefficient (Wildman–Crippen LogP) is 4.80. The SMILES string of the molecule is O=C(COc1ccc(Br)cc1)NC(=S)Nc1ccc(N2C(=O)c3ccccc3C2=O)cc1Cl. The van der Waals surface area contributed by atoms with Crippen molar-refractivity contribution >= 4 is 74.0 Å². The Labute approximate surface area is 207 Å². The van der Waals surface area contributed by atoms with Gasteiger partial charge in [-0.25, -0.2) is 4.90 Å². The van der Waals surface area contributed by atoms with Crippen LogP contribution in [0.1, 0.15) is 20.7 Å². The maximum absolute atomic E-state index is 12.6. The van der Waals surface area contributed by atoms with Crippen LogP contribution in [-0.2, 0) is 4.79 Å². The van der Waals surface area contributed by atoms with Gasteiger partial charge >= 0.3 is 0 Å². The van der Waals surface area contributed by atoms with Crippen LogP contribution in [0.5, 0.6) is 5.75 Å². The van der Waals surface area contributed by atoms with Crippen LogP contribution in [0.25, 0.3) is 0 Å². The fourth-order valence-corrected chi connectivity index (χ4v) is 3.87. The van der Waals surface area contributed by atoms with Gasteiger partial charge in [-0.05, 0) is 66.8 Å². The molecule has 3 aromatic carbocycles. The number of rotatable bonds is 5. The van der Waals surface area contributed by atoms with Gasteiger partial charge in [0, 0.05) is 4.47 Å². The molecule has 3 amide bonds. The Bertz CT molecular complexity index is 1250. The Hall–Kier alpha value is -3.27. The van der Waals surface area contributed by atoms with E-state index in [4.69, 9.17) is 28.6 Å². The summed E-state index contributed by atoms with van der Waals surface area (Å²) in [5.41, 5.74) is 1.41. The standard InChI is InChI=1S/C23H15BrClN3O4S/c24-13-5-8-15(9-6-13)32-12-20(29)27-23(33)26-19-10-7-14(11-18(19)25)28-21(30)16-3-1-2-4-17(16)22(28)31/h1-11H,12H2,(H2,26,27,29,33). The van der Waals surface area contributed by atoms with E-state index >= 15 is 0 Å². The Balaban J connectivity index is 1.37. The number of amides is 3. The van der Waals surface area contributed by atoms with E-state index in [-0.39, 0.29) is 16.7 Å². The first-order chi connectivity index (χ1) is 15.8. The molecule has 0 saturated heterocycles. The van der Waals surface area contributed by atoms with Gasteiger partial charge in [-0.15, -0.1) is 0 Å². The highest BCUT2D eigenvalue weighted by Crippen LogP contribution is 2.32. The molecule has 166 valence electrons. The molecule has 0 fully saturated rings. The fourth-order valence-electron chi connectivity index (χ4n) is 3.16. The molecule has 1 heterocycles. The summed E-state index contributed by atoms with van der Waals surface area (Å²) in [4.78, 5) is 38.5. The second-order valence-corrected chi connectivity index (χ2v) is 8.63. The summed E-state index contributed by atoms with van der Waals surface area (Å²) in [5, 5.41) is 5.56. The van der Waals surface area contributed by atoms with Gasteiger partial charge in [-0.2, -0.15) is 0 Å². The first-order valence-electron chi connectivity index (χ1n) is 9.60. The lowest BCUT2D eigenvalue weighted by atomic mass is 10.1. The molecule has 10 heteroatoms. The Morgan fingerprint density at radius 1 is 1.00 bits per heavy atom. The Morgan fingerprint density at radius 3 is 2.24 bits per heavy atom. The second kappa shape index (κ2) is 9.70. The number of fused-ring (bicyclic) bond motifs is 1. The maximum atomic E-state index is 12.6. The average Bonchev–Trinajstić information content (AvgIpc) is 3.05. The quantitative estimate of drug-likeness (QED) is 0.355. The van der Waals surface area contributed by atoms with E-state index in [1.807, 2.05) is 0 Å². The smallest absolute Gasteiger partial charge is 0.266 e. The molecule has 2 N–H and O–H groups in total. The molecular weight excluding hydrogens is 530 g/mol. The van der Waals surface area contributed by atoms with Crippen LogP contribution < -0.4 is 20.3 Å². The van der Waals surface area contributed by atoms with E-state index in [9.17, 15) is 14.4 Å². The van der Waals surface area contributed by atoms with Gasteiger partial charge in [0.15, 0.2) is 11.7 Å². The molecule has 0 unspecified atom stereocenters. The number of benzene rings is 3. The molecule has 7 nitrogen and oxygen atoms in total. The van der Waals surface area contributed by atoms with E-state index in [0.717, 1.165) is 9.37 Å². The molecule has 1 aliphatic rings. The summed E-state index contributed by atoms with van der Waals surface area (Å²) in [6.45, 7) is -0.226. The minimum Gasteiger partial charge on any atom is -0.484 e. The number of ether oxygens (including phenoxy) is 1. The van der Waals surface area contributed by atoms with Gasteiger partial charge in [0.1, 0.15) is 5.75 Å². The largest absolute Gasteiger partial charge is 0.484 e. The average molecular weight is 545 g/mol. The van der Waals surface area contributed by atoms with Crippen LogP contribution >= 0.6 is 39.7 Å². The first-order valence-corrected chi connectivity index (χ1v) is 11.2. The van der Waals surface area contributed by atoms with Crippen molar-refractivity contribution in [3.63, 3.8) is 0 Å². The van der Waals surface area contributed by atoms with Crippen molar-refractivity contribution in [1.82, 2.24) is 5.32 Å². The van der Waals surface area contributed by atoms with E-state index < -0.39 is 17.7 Å². The van der Waals surface area contributed by atoms with Crippen molar-refractivity contribution in [2.24, 2.45) is 0 Å². The van der Waals surface area contributed by atoms with Gasteiger partial charge < -0.3 is 10.1 Å². The van der Waals surface area contributed by atoms with Gasteiger partial charge in [0.05, 0.1) is 27.5 Å². The third-order valence-electron chi connectivity index (χ3n) is 4.69. The number of halogens is 2. The summed E-state index contributed by atoms with van der Waals surface area (Å²) in [6.07, 6.45) is 0. The Morgan fingerprint density at radius 2 is 1.64 bits per heavy atom. The second-order valence-electron chi connectivity index (χ2n) is 6.90. The highest BCUT2D eigenvalue weighted by Gasteiger charge is 2.36. The third kappa shape index (κ3) is 5.05. The number of nitrogens with one attached hydrogen (secondary N) is 2. The van der Waals surface area contributed by atoms with Gasteiger partial charge in [-0.3, -0.25) is 19.7 Å². The number of carbonyl (C=O) groups excluding carboxylic acids is 3. The van der Waals surface area contributed by atoms with E-state index in [1.54, 1.807) is 60.7 Å². The van der Waals surface area contributed by atoms with E-state index in [2.05, 4.69) is 26.6 Å². The minimum atomic E-state index is -0.450. The van der Waals surface area contributed by atoms with Crippen LogP contribution in [0, 0.1) is 0 Å². The summed E-state index contributed by atoms with van der Waals surface area (Å²) in [6, 6.07) is 18.3. The number of imide groups is 1. The number of anilines is 2. The molecule has 0 spiro atoms. The molecule has 3 aromatic rings. The number of hydrogen-bond acceptors (Lipinski definition) is 5. The first kappa shape index (κ1) is 22.9. The summed E-state index contributed by atoms with van der Waals surface area (Å²) < 4.78 is 6.30. The van der Waals surface area contributed by atoms with Gasteiger partial charge in [0.25, 0.3) is 17.7 Å². The number of carbonyl (C=O) groups is 3. The molecule has 0 atom stereocenters. The minimum absolute atomic E-state index is 0.0230. The van der Waals surface area contributed by atoms with Gasteiger partial charge in [-0.1, -0.05) is 39.7 Å². The normalized spacial score (nSPS) is 12.4. The Kier molecular flexibility index (Phi) is 6.73. The summed E-state index contributed by atoms with van der Waals surface area (Å²) >= 11 is 14.8. The summed E-state index contributed by atoms with van der Waals surface area (Å²) in [5.74, 6) is -0.741. The lowest BCUT2D eigenvalue weighted by molar-refractivity contribution is -0.121. The van der Waals surface area contributed by atoms with Crippen molar-refractivity contribution in [3.05, 3.63) is 87.4 Å². The van der Waals surface area contributed by atoms with E-state index in [0.29, 0.717) is 28.3 Å². The summed E-state index contributed by atoms with van der Waals surface area (Å²) in [7, 11) is 0. The zero-order valence-corrected chi connectivity index (χ0v) is 20.0. The van der Waals surface area contributed by atoms with Crippen LogP contribution in [0.2, 0.25) is 5.02 Å². The van der Waals surface area contributed by atoms with Crippen molar-refractivity contribution in [2.75, 3.05) is 16.8 Å². The molecule has 4 rings (SSSR count). The fraction of sp³-hybridized carbons (Fsp3) is 0.0435. The molecular formula is C23H15BrClN3O4S. The molecule has 1 aliphatic heterocycles. The lowest BCUT2D eigenvalue weighted by Crippen LogP contribution is -2.37. The third-order valence-corrected chi connectivity index (χ3v) is 5.74. The van der Waals surface area contributed by atoms with Crippen molar-refractivity contribution in [3.8, 4) is 5.75 Å². The van der Waals surface area contributed by atoms with Crippen LogP contribution in [0.15, 0.2) is 71.2 Å². The molecule has 0 saturated carbocycles. The number of nitrogens with zero attached hydrogens (tertiary/aromatic N) is 1. The molecule has 33 heavy (non-hydrogen) atoms. The highest BCUT2D eigenvalue weighted by atomic mass is 79.9. The van der Waals surface area contributed by atoms with Crippen molar-refractivity contribution in [2.45, 2.75) is 0 Å². The van der Waals surface area contributed by atoms with Crippen molar-refractivity contribution < 1.29 is 19.1 Å². The molecule has 0 aromatic heterocycles. The predicted molar refractivity (Wildman–Crippen MR) is 133 cm³/mol. The van der Waals surface area contributed by atoms with Crippen LogP contribution in [-0.4, -0.2) is 29.4 Å². The topological polar surface area (TPSA) is 87.7 Å². The number of hydrogen-bond donors (Lipinski definition) is 2. The van der Waals surface area contributed by atoms with E-state index in [1.165, 1.54) is 6.07 Å². The molecule has 0 radical (unpaired) electrons. The highest BCUT2D eigenvalue weighted by molar-refractivity contribution is 9.10. The zero-order valence-electron chi connectivity index (χ0n) is 16.8. The maximum Gasteiger partial charge on any atom is 0.266 e. The number of thiocarbonyl (C=S) groups is 1. The molecule has 0 aliphatic carbocycles. The van der Waals surface area contributed by atoms with Crippen LogP contribution in [0.4, 0.5) is 11.4 Å². The monoisotopic (exact) mass is 543 g/mol. The zero-order chi connectivity index (χ0) is 23.5. The van der Waals surface area contributed by atoms with Gasteiger partial charge in [0.2, 0.25) is 0 Å². The van der Waals surface area contributed by atoms with Crippen LogP contribution in [0.3, 0.4) is 0 Å². The molecule has 0 bridgehead atoms. The van der Waals surface area contributed by atoms with Crippen molar-refractivity contribution in [1.29, 1.82) is 0 Å².